The second-order valence-corrected chi connectivity index (χ2v) is 4.93. The van der Waals surface area contributed by atoms with E-state index in [1.807, 2.05) is 18.2 Å². The highest BCUT2D eigenvalue weighted by Crippen LogP contribution is 2.21. The quantitative estimate of drug-likeness (QED) is 0.834. The Morgan fingerprint density at radius 2 is 2.25 bits per heavy atom. The van der Waals surface area contributed by atoms with Crippen molar-refractivity contribution in [1.29, 1.82) is 0 Å². The lowest BCUT2D eigenvalue weighted by molar-refractivity contribution is -0.153. The molecular formula is C13H13N3O3S. The van der Waals surface area contributed by atoms with Crippen LogP contribution in [-0.4, -0.2) is 27.9 Å². The Bertz CT molecular complexity index is 612. The third kappa shape index (κ3) is 3.61. The number of nitrogens with two attached hydrogens (primary N) is 1. The van der Waals surface area contributed by atoms with Crippen LogP contribution in [0, 0.1) is 0 Å². The van der Waals surface area contributed by atoms with Gasteiger partial charge in [0.2, 0.25) is 0 Å². The number of amides is 1. The number of thiazole rings is 1. The summed E-state index contributed by atoms with van der Waals surface area (Å²) in [5, 5.41) is 2.50. The van der Waals surface area contributed by atoms with Crippen LogP contribution in [0.15, 0.2) is 29.8 Å². The molecule has 1 atom stereocenters. The highest BCUT2D eigenvalue weighted by molar-refractivity contribution is 7.13. The lowest BCUT2D eigenvalue weighted by atomic mass is 10.3. The normalized spacial score (nSPS) is 11.8. The van der Waals surface area contributed by atoms with Gasteiger partial charge in [0, 0.05) is 11.6 Å². The number of nitrogens with zero attached hydrogens (tertiary/aromatic N) is 2. The molecule has 20 heavy (non-hydrogen) atoms. The minimum absolute atomic E-state index is 0.000946. The van der Waals surface area contributed by atoms with E-state index in [0.717, 1.165) is 10.7 Å². The Balaban J connectivity index is 2.00. The fraction of sp³-hybridized carbons (Fsp3) is 0.231. The van der Waals surface area contributed by atoms with Gasteiger partial charge in [-0.05, 0) is 19.1 Å². The van der Waals surface area contributed by atoms with Crippen LogP contribution in [0.25, 0.3) is 10.7 Å². The summed E-state index contributed by atoms with van der Waals surface area (Å²) in [5.41, 5.74) is 6.35. The largest absolute Gasteiger partial charge is 0.452 e. The summed E-state index contributed by atoms with van der Waals surface area (Å²) in [5.74, 6) is -1.21. The van der Waals surface area contributed by atoms with Crippen LogP contribution >= 0.6 is 11.3 Å². The van der Waals surface area contributed by atoms with Gasteiger partial charge in [0.15, 0.2) is 6.10 Å². The average Bonchev–Trinajstić information content (AvgIpc) is 2.88. The van der Waals surface area contributed by atoms with Gasteiger partial charge in [-0.3, -0.25) is 14.6 Å². The molecule has 0 spiro atoms. The van der Waals surface area contributed by atoms with Crippen LogP contribution in [0.2, 0.25) is 0 Å². The van der Waals surface area contributed by atoms with E-state index < -0.39 is 18.0 Å². The van der Waals surface area contributed by atoms with Crippen LogP contribution in [0.5, 0.6) is 0 Å². The molecule has 0 aliphatic rings. The Morgan fingerprint density at radius 3 is 2.90 bits per heavy atom. The van der Waals surface area contributed by atoms with Crippen LogP contribution in [0.1, 0.15) is 12.6 Å². The predicted octanol–water partition coefficient (Wildman–Crippen LogP) is 1.16. The van der Waals surface area contributed by atoms with Gasteiger partial charge in [-0.15, -0.1) is 11.3 Å². The molecular weight excluding hydrogens is 278 g/mol. The van der Waals surface area contributed by atoms with Crippen molar-refractivity contribution < 1.29 is 14.3 Å². The highest BCUT2D eigenvalue weighted by Gasteiger charge is 2.16. The van der Waals surface area contributed by atoms with Gasteiger partial charge in [0.1, 0.15) is 5.01 Å². The minimum atomic E-state index is -0.934. The number of carbonyl (C=O) groups is 2. The van der Waals surface area contributed by atoms with Gasteiger partial charge in [0.25, 0.3) is 5.91 Å². The molecule has 2 aromatic heterocycles. The van der Waals surface area contributed by atoms with E-state index in [1.54, 1.807) is 11.6 Å². The third-order valence-corrected chi connectivity index (χ3v) is 3.38. The summed E-state index contributed by atoms with van der Waals surface area (Å²) in [6, 6.07) is 5.53. The molecule has 0 aliphatic heterocycles. The Morgan fingerprint density at radius 1 is 1.45 bits per heavy atom. The van der Waals surface area contributed by atoms with E-state index in [1.165, 1.54) is 18.3 Å². The van der Waals surface area contributed by atoms with Crippen molar-refractivity contribution in [1.82, 2.24) is 9.97 Å². The van der Waals surface area contributed by atoms with Gasteiger partial charge >= 0.3 is 5.97 Å². The van der Waals surface area contributed by atoms with Crippen molar-refractivity contribution in [2.24, 2.45) is 5.73 Å². The molecule has 2 aromatic rings. The highest BCUT2D eigenvalue weighted by atomic mass is 32.1. The zero-order chi connectivity index (χ0) is 14.5. The number of hydrogen-bond acceptors (Lipinski definition) is 6. The summed E-state index contributed by atoms with van der Waals surface area (Å²) in [4.78, 5) is 30.9. The molecule has 0 radical (unpaired) electrons. The van der Waals surface area contributed by atoms with Gasteiger partial charge < -0.3 is 10.5 Å². The van der Waals surface area contributed by atoms with Crippen molar-refractivity contribution in [3.8, 4) is 10.7 Å². The summed E-state index contributed by atoms with van der Waals surface area (Å²) in [6.07, 6.45) is 0.747. The van der Waals surface area contributed by atoms with Crippen LogP contribution in [0.4, 0.5) is 0 Å². The third-order valence-electron chi connectivity index (χ3n) is 2.47. The molecule has 2 rings (SSSR count). The van der Waals surface area contributed by atoms with Crippen LogP contribution < -0.4 is 5.73 Å². The van der Waals surface area contributed by atoms with E-state index >= 15 is 0 Å². The van der Waals surface area contributed by atoms with E-state index in [0.29, 0.717) is 5.69 Å². The lowest BCUT2D eigenvalue weighted by Gasteiger charge is -2.08. The molecule has 2 heterocycles. The maximum absolute atomic E-state index is 11.6. The maximum Gasteiger partial charge on any atom is 0.312 e. The van der Waals surface area contributed by atoms with E-state index in [-0.39, 0.29) is 6.42 Å². The van der Waals surface area contributed by atoms with Crippen LogP contribution in [-0.2, 0) is 20.7 Å². The van der Waals surface area contributed by atoms with Gasteiger partial charge in [-0.1, -0.05) is 6.07 Å². The molecule has 2 N–H and O–H groups in total. The lowest BCUT2D eigenvalue weighted by Crippen LogP contribution is -2.30. The van der Waals surface area contributed by atoms with E-state index in [2.05, 4.69) is 9.97 Å². The number of primary amides is 1. The first-order valence-corrected chi connectivity index (χ1v) is 6.79. The molecule has 0 bridgehead atoms. The van der Waals surface area contributed by atoms with Crippen molar-refractivity contribution in [2.75, 3.05) is 0 Å². The monoisotopic (exact) mass is 291 g/mol. The number of pyridine rings is 1. The summed E-state index contributed by atoms with van der Waals surface area (Å²) in [7, 11) is 0. The summed E-state index contributed by atoms with van der Waals surface area (Å²) >= 11 is 1.40. The summed E-state index contributed by atoms with van der Waals surface area (Å²) < 4.78 is 4.87. The molecule has 6 nitrogen and oxygen atoms in total. The van der Waals surface area contributed by atoms with Crippen molar-refractivity contribution in [3.05, 3.63) is 35.5 Å². The number of rotatable bonds is 5. The first kappa shape index (κ1) is 14.1. The molecule has 0 aliphatic carbocycles. The first-order chi connectivity index (χ1) is 9.56. The Kier molecular flexibility index (Phi) is 4.41. The van der Waals surface area contributed by atoms with Crippen molar-refractivity contribution in [3.63, 3.8) is 0 Å². The molecule has 0 saturated carbocycles. The SMILES string of the molecule is C[C@H](OC(=O)Cc1csc(-c2ccccn2)n1)C(N)=O. The number of ether oxygens (including phenoxy) is 1. The standard InChI is InChI=1S/C13H13N3O3S/c1-8(12(14)18)19-11(17)6-9-7-20-13(16-9)10-4-2-3-5-15-10/h2-5,7-8H,6H2,1H3,(H2,14,18)/t8-/m0/s1. The molecule has 0 fully saturated rings. The number of esters is 1. The minimum Gasteiger partial charge on any atom is -0.452 e. The second-order valence-electron chi connectivity index (χ2n) is 4.07. The zero-order valence-corrected chi connectivity index (χ0v) is 11.6. The van der Waals surface area contributed by atoms with Gasteiger partial charge in [-0.25, -0.2) is 4.98 Å². The number of aromatic nitrogens is 2. The number of hydrogen-bond donors (Lipinski definition) is 1. The second kappa shape index (κ2) is 6.25. The summed E-state index contributed by atoms with van der Waals surface area (Å²) in [6.45, 7) is 1.43. The number of carbonyl (C=O) groups excluding carboxylic acids is 2. The molecule has 7 heteroatoms. The predicted molar refractivity (Wildman–Crippen MR) is 73.8 cm³/mol. The zero-order valence-electron chi connectivity index (χ0n) is 10.8. The van der Waals surface area contributed by atoms with E-state index in [4.69, 9.17) is 10.5 Å². The fourth-order valence-corrected chi connectivity index (χ4v) is 2.24. The Hall–Kier alpha value is -2.28. The Labute approximate surface area is 119 Å². The topological polar surface area (TPSA) is 95.2 Å². The van der Waals surface area contributed by atoms with Gasteiger partial charge in [0.05, 0.1) is 17.8 Å². The molecule has 104 valence electrons. The van der Waals surface area contributed by atoms with E-state index in [9.17, 15) is 9.59 Å². The molecule has 1 amide bonds. The molecule has 0 unspecified atom stereocenters. The fourth-order valence-electron chi connectivity index (χ4n) is 1.44. The molecule has 0 aromatic carbocycles. The van der Waals surface area contributed by atoms with Gasteiger partial charge in [-0.2, -0.15) is 0 Å². The van der Waals surface area contributed by atoms with Crippen molar-refractivity contribution in [2.45, 2.75) is 19.4 Å². The molecule has 0 saturated heterocycles. The average molecular weight is 291 g/mol. The smallest absolute Gasteiger partial charge is 0.312 e. The first-order valence-electron chi connectivity index (χ1n) is 5.91. The van der Waals surface area contributed by atoms with Crippen LogP contribution in [0.3, 0.4) is 0 Å². The maximum atomic E-state index is 11.6. The van der Waals surface area contributed by atoms with Crippen molar-refractivity contribution >= 4 is 23.2 Å².